The quantitative estimate of drug-likeness (QED) is 0.798. The molecule has 0 spiro atoms. The maximum Gasteiger partial charge on any atom is 0.136 e. The number of nitrogens with two attached hydrogens (primary N) is 1. The Bertz CT molecular complexity index is 341. The van der Waals surface area contributed by atoms with Gasteiger partial charge in [-0.2, -0.15) is 11.8 Å². The zero-order valence-corrected chi connectivity index (χ0v) is 10.4. The number of nitrogen functional groups attached to an aromatic ring is 1. The monoisotopic (exact) mass is 239 g/mol. The molecule has 16 heavy (non-hydrogen) atoms. The van der Waals surface area contributed by atoms with Crippen LogP contribution >= 0.6 is 11.8 Å². The van der Waals surface area contributed by atoms with Gasteiger partial charge in [-0.3, -0.25) is 0 Å². The van der Waals surface area contributed by atoms with Crippen molar-refractivity contribution in [2.75, 3.05) is 17.2 Å². The van der Waals surface area contributed by atoms with Crippen molar-refractivity contribution in [2.45, 2.75) is 25.4 Å². The van der Waals surface area contributed by atoms with E-state index in [4.69, 9.17) is 5.73 Å². The Morgan fingerprint density at radius 2 is 2.06 bits per heavy atom. The third-order valence-electron chi connectivity index (χ3n) is 3.40. The number of anilines is 1. The molecule has 2 N–H and O–H groups in total. The van der Waals surface area contributed by atoms with E-state index in [1.54, 1.807) is 19.1 Å². The second-order valence-corrected chi connectivity index (χ2v) is 5.76. The molecule has 0 amide bonds. The standard InChI is InChI=1S/C13H18FNS/c1-13(14,11-3-2-8-16-9-11)10-4-6-12(15)7-5-10/h4-7,11H,2-3,8-9,15H2,1H3. The van der Waals surface area contributed by atoms with Crippen molar-refractivity contribution in [3.63, 3.8) is 0 Å². The second kappa shape index (κ2) is 4.66. The summed E-state index contributed by atoms with van der Waals surface area (Å²) in [5.41, 5.74) is 5.85. The predicted octanol–water partition coefficient (Wildman–Crippen LogP) is 3.60. The highest BCUT2D eigenvalue weighted by Gasteiger charge is 2.36. The van der Waals surface area contributed by atoms with Crippen molar-refractivity contribution in [3.8, 4) is 0 Å². The van der Waals surface area contributed by atoms with Crippen molar-refractivity contribution < 1.29 is 4.39 Å². The van der Waals surface area contributed by atoms with Crippen molar-refractivity contribution in [1.29, 1.82) is 0 Å². The van der Waals surface area contributed by atoms with Crippen LogP contribution in [0.3, 0.4) is 0 Å². The fourth-order valence-corrected chi connectivity index (χ4v) is 3.51. The SMILES string of the molecule is CC(F)(c1ccc(N)cc1)C1CCCSC1. The molecule has 1 nitrogen and oxygen atoms in total. The van der Waals surface area contributed by atoms with Crippen molar-refractivity contribution in [1.82, 2.24) is 0 Å². The van der Waals surface area contributed by atoms with Crippen LogP contribution in [0.4, 0.5) is 10.1 Å². The first kappa shape index (κ1) is 11.8. The molecule has 1 aromatic rings. The molecule has 3 heteroatoms. The highest BCUT2D eigenvalue weighted by Crippen LogP contribution is 2.40. The summed E-state index contributed by atoms with van der Waals surface area (Å²) in [5, 5.41) is 0. The molecule has 1 aliphatic rings. The minimum Gasteiger partial charge on any atom is -0.399 e. The maximum absolute atomic E-state index is 14.8. The average Bonchev–Trinajstić information content (AvgIpc) is 2.31. The lowest BCUT2D eigenvalue weighted by Gasteiger charge is -2.33. The average molecular weight is 239 g/mol. The summed E-state index contributed by atoms with van der Waals surface area (Å²) in [6, 6.07) is 7.19. The third-order valence-corrected chi connectivity index (χ3v) is 4.62. The van der Waals surface area contributed by atoms with Gasteiger partial charge in [0.05, 0.1) is 0 Å². The van der Waals surface area contributed by atoms with E-state index in [9.17, 15) is 4.39 Å². The molecule has 2 atom stereocenters. The highest BCUT2D eigenvalue weighted by atomic mass is 32.2. The van der Waals surface area contributed by atoms with Crippen LogP contribution in [-0.2, 0) is 5.67 Å². The van der Waals surface area contributed by atoms with Crippen LogP contribution in [0, 0.1) is 5.92 Å². The van der Waals surface area contributed by atoms with Crippen LogP contribution in [0.1, 0.15) is 25.3 Å². The van der Waals surface area contributed by atoms with Crippen LogP contribution in [0.15, 0.2) is 24.3 Å². The summed E-state index contributed by atoms with van der Waals surface area (Å²) < 4.78 is 14.8. The maximum atomic E-state index is 14.8. The summed E-state index contributed by atoms with van der Waals surface area (Å²) in [6.07, 6.45) is 2.12. The van der Waals surface area contributed by atoms with Crippen LogP contribution < -0.4 is 5.73 Å². The van der Waals surface area contributed by atoms with E-state index in [1.807, 2.05) is 23.9 Å². The number of hydrogen-bond acceptors (Lipinski definition) is 2. The fraction of sp³-hybridized carbons (Fsp3) is 0.538. The lowest BCUT2D eigenvalue weighted by atomic mass is 9.83. The van der Waals surface area contributed by atoms with E-state index in [2.05, 4.69) is 0 Å². The summed E-state index contributed by atoms with van der Waals surface area (Å²) in [4.78, 5) is 0. The zero-order valence-electron chi connectivity index (χ0n) is 9.58. The molecule has 2 unspecified atom stereocenters. The molecular formula is C13H18FNS. The normalized spacial score (nSPS) is 25.0. The van der Waals surface area contributed by atoms with Crippen LogP contribution in [0.2, 0.25) is 0 Å². The van der Waals surface area contributed by atoms with Gasteiger partial charge in [-0.15, -0.1) is 0 Å². The minimum absolute atomic E-state index is 0.134. The van der Waals surface area contributed by atoms with E-state index in [0.29, 0.717) is 5.69 Å². The molecule has 1 heterocycles. The summed E-state index contributed by atoms with van der Waals surface area (Å²) in [7, 11) is 0. The molecule has 0 saturated carbocycles. The topological polar surface area (TPSA) is 26.0 Å². The Kier molecular flexibility index (Phi) is 3.43. The van der Waals surface area contributed by atoms with Gasteiger partial charge in [0.1, 0.15) is 5.67 Å². The van der Waals surface area contributed by atoms with E-state index in [0.717, 1.165) is 24.2 Å². The van der Waals surface area contributed by atoms with Gasteiger partial charge < -0.3 is 5.73 Å². The van der Waals surface area contributed by atoms with Crippen molar-refractivity contribution >= 4 is 17.4 Å². The second-order valence-electron chi connectivity index (χ2n) is 4.61. The van der Waals surface area contributed by atoms with Gasteiger partial charge in [0.15, 0.2) is 0 Å². The molecule has 1 aromatic carbocycles. The first-order valence-corrected chi connectivity index (χ1v) is 6.89. The largest absolute Gasteiger partial charge is 0.399 e. The molecular weight excluding hydrogens is 221 g/mol. The summed E-state index contributed by atoms with van der Waals surface area (Å²) >= 11 is 1.86. The third kappa shape index (κ3) is 2.34. The van der Waals surface area contributed by atoms with Gasteiger partial charge in [-0.05, 0) is 49.0 Å². The lowest BCUT2D eigenvalue weighted by molar-refractivity contribution is 0.106. The molecule has 1 aliphatic heterocycles. The Labute approximate surface area is 101 Å². The van der Waals surface area contributed by atoms with Gasteiger partial charge in [-0.25, -0.2) is 4.39 Å². The smallest absolute Gasteiger partial charge is 0.136 e. The minimum atomic E-state index is -1.22. The Morgan fingerprint density at radius 1 is 1.38 bits per heavy atom. The lowest BCUT2D eigenvalue weighted by Crippen LogP contribution is -2.31. The first-order valence-electron chi connectivity index (χ1n) is 5.73. The summed E-state index contributed by atoms with van der Waals surface area (Å²) in [5.74, 6) is 2.24. The Hall–Kier alpha value is -0.700. The van der Waals surface area contributed by atoms with E-state index in [1.165, 1.54) is 5.75 Å². The number of benzene rings is 1. The Morgan fingerprint density at radius 3 is 2.62 bits per heavy atom. The van der Waals surface area contributed by atoms with Gasteiger partial charge >= 0.3 is 0 Å². The number of halogens is 1. The molecule has 2 rings (SSSR count). The first-order chi connectivity index (χ1) is 7.60. The predicted molar refractivity (Wildman–Crippen MR) is 69.4 cm³/mol. The summed E-state index contributed by atoms with van der Waals surface area (Å²) in [6.45, 7) is 1.70. The molecule has 0 bridgehead atoms. The van der Waals surface area contributed by atoms with Gasteiger partial charge in [0, 0.05) is 11.6 Å². The van der Waals surface area contributed by atoms with E-state index >= 15 is 0 Å². The van der Waals surface area contributed by atoms with Gasteiger partial charge in [0.25, 0.3) is 0 Å². The number of rotatable bonds is 2. The molecule has 88 valence electrons. The van der Waals surface area contributed by atoms with Crippen LogP contribution in [0.5, 0.6) is 0 Å². The van der Waals surface area contributed by atoms with Crippen LogP contribution in [-0.4, -0.2) is 11.5 Å². The van der Waals surface area contributed by atoms with Gasteiger partial charge in [0.2, 0.25) is 0 Å². The molecule has 1 fully saturated rings. The van der Waals surface area contributed by atoms with E-state index < -0.39 is 5.67 Å². The van der Waals surface area contributed by atoms with Gasteiger partial charge in [-0.1, -0.05) is 12.1 Å². The van der Waals surface area contributed by atoms with Crippen molar-refractivity contribution in [3.05, 3.63) is 29.8 Å². The highest BCUT2D eigenvalue weighted by molar-refractivity contribution is 7.99. The zero-order chi connectivity index (χ0) is 11.6. The van der Waals surface area contributed by atoms with Crippen LogP contribution in [0.25, 0.3) is 0 Å². The number of alkyl halides is 1. The van der Waals surface area contributed by atoms with E-state index in [-0.39, 0.29) is 5.92 Å². The molecule has 0 aliphatic carbocycles. The number of hydrogen-bond donors (Lipinski definition) is 1. The fourth-order valence-electron chi connectivity index (χ4n) is 2.21. The van der Waals surface area contributed by atoms with Crippen molar-refractivity contribution in [2.24, 2.45) is 5.92 Å². The molecule has 0 aromatic heterocycles. The molecule has 0 radical (unpaired) electrons. The molecule has 1 saturated heterocycles. The Balaban J connectivity index is 2.19. The number of thioether (sulfide) groups is 1.